The Hall–Kier alpha value is -2.18. The summed E-state index contributed by atoms with van der Waals surface area (Å²) in [6.07, 6.45) is 3.05. The van der Waals surface area contributed by atoms with Crippen molar-refractivity contribution in [2.45, 2.75) is 38.0 Å². The molecule has 0 spiro atoms. The highest BCUT2D eigenvalue weighted by atomic mass is 35.5. The van der Waals surface area contributed by atoms with E-state index in [1.54, 1.807) is 7.11 Å². The number of methoxy groups -OCH3 is 1. The normalized spacial score (nSPS) is 22.4. The van der Waals surface area contributed by atoms with Crippen LogP contribution in [0.15, 0.2) is 36.5 Å². The molecule has 0 radical (unpaired) electrons. The molecule has 136 valence electrons. The SMILES string of the molecule is COc1ccc(COC2(C)CC(n3cc(F)c4cc(Cl)nnc43)C2)cc1. The Morgan fingerprint density at radius 3 is 2.69 bits per heavy atom. The molecular formula is C19H19ClFN3O2. The van der Waals surface area contributed by atoms with Gasteiger partial charge in [-0.3, -0.25) is 0 Å². The van der Waals surface area contributed by atoms with Gasteiger partial charge in [0.05, 0.1) is 24.7 Å². The molecule has 2 heterocycles. The van der Waals surface area contributed by atoms with Crippen molar-refractivity contribution in [1.82, 2.24) is 14.8 Å². The summed E-state index contributed by atoms with van der Waals surface area (Å²) in [6.45, 7) is 2.61. The van der Waals surface area contributed by atoms with Gasteiger partial charge in [-0.05, 0) is 43.5 Å². The number of benzene rings is 1. The van der Waals surface area contributed by atoms with Gasteiger partial charge >= 0.3 is 0 Å². The number of ether oxygens (including phenoxy) is 2. The molecule has 0 N–H and O–H groups in total. The molecule has 1 aliphatic carbocycles. The van der Waals surface area contributed by atoms with Gasteiger partial charge < -0.3 is 14.0 Å². The van der Waals surface area contributed by atoms with E-state index in [4.69, 9.17) is 21.1 Å². The summed E-state index contributed by atoms with van der Waals surface area (Å²) in [4.78, 5) is 0. The van der Waals surface area contributed by atoms with Gasteiger partial charge in [0.1, 0.15) is 5.75 Å². The maximum atomic E-state index is 14.1. The van der Waals surface area contributed by atoms with Crippen LogP contribution in [0.3, 0.4) is 0 Å². The maximum Gasteiger partial charge on any atom is 0.166 e. The predicted molar refractivity (Wildman–Crippen MR) is 97.0 cm³/mol. The van der Waals surface area contributed by atoms with Crippen LogP contribution in [0.2, 0.25) is 5.15 Å². The van der Waals surface area contributed by atoms with Crippen LogP contribution < -0.4 is 4.74 Å². The molecule has 7 heteroatoms. The van der Waals surface area contributed by atoms with Gasteiger partial charge in [-0.25, -0.2) is 4.39 Å². The summed E-state index contributed by atoms with van der Waals surface area (Å²) < 4.78 is 27.3. The Balaban J connectivity index is 1.42. The predicted octanol–water partition coefficient (Wildman–Crippen LogP) is 4.54. The first-order chi connectivity index (χ1) is 12.5. The second kappa shape index (κ2) is 6.52. The van der Waals surface area contributed by atoms with E-state index in [1.807, 2.05) is 28.8 Å². The first-order valence-electron chi connectivity index (χ1n) is 8.43. The van der Waals surface area contributed by atoms with Crippen LogP contribution in [0.25, 0.3) is 11.0 Å². The number of nitrogens with zero attached hydrogens (tertiary/aromatic N) is 3. The largest absolute Gasteiger partial charge is 0.497 e. The molecule has 5 nitrogen and oxygen atoms in total. The fourth-order valence-corrected chi connectivity index (χ4v) is 3.64. The molecule has 0 unspecified atom stereocenters. The van der Waals surface area contributed by atoms with Gasteiger partial charge in [0.2, 0.25) is 0 Å². The lowest BCUT2D eigenvalue weighted by Gasteiger charge is -2.45. The molecule has 3 aromatic rings. The summed E-state index contributed by atoms with van der Waals surface area (Å²) >= 11 is 5.81. The van der Waals surface area contributed by atoms with Crippen molar-refractivity contribution in [3.63, 3.8) is 0 Å². The van der Waals surface area contributed by atoms with Crippen LogP contribution in [0, 0.1) is 5.82 Å². The molecule has 1 aliphatic rings. The Morgan fingerprint density at radius 1 is 1.27 bits per heavy atom. The van der Waals surface area contributed by atoms with Crippen LogP contribution in [0.1, 0.15) is 31.4 Å². The van der Waals surface area contributed by atoms with Gasteiger partial charge in [-0.15, -0.1) is 10.2 Å². The van der Waals surface area contributed by atoms with Crippen LogP contribution in [0.4, 0.5) is 4.39 Å². The van der Waals surface area contributed by atoms with E-state index in [9.17, 15) is 4.39 Å². The molecule has 1 saturated carbocycles. The molecule has 1 fully saturated rings. The van der Waals surface area contributed by atoms with Crippen molar-refractivity contribution < 1.29 is 13.9 Å². The van der Waals surface area contributed by atoms with Crippen molar-refractivity contribution in [1.29, 1.82) is 0 Å². The highest BCUT2D eigenvalue weighted by molar-refractivity contribution is 6.29. The Morgan fingerprint density at radius 2 is 2.00 bits per heavy atom. The molecule has 0 amide bonds. The smallest absolute Gasteiger partial charge is 0.166 e. The minimum atomic E-state index is -0.329. The van der Waals surface area contributed by atoms with Crippen LogP contribution in [-0.2, 0) is 11.3 Å². The van der Waals surface area contributed by atoms with Gasteiger partial charge in [0.15, 0.2) is 16.6 Å². The average Bonchev–Trinajstić information content (AvgIpc) is 2.94. The third kappa shape index (κ3) is 3.15. The minimum Gasteiger partial charge on any atom is -0.497 e. The van der Waals surface area contributed by atoms with E-state index >= 15 is 0 Å². The molecule has 0 aliphatic heterocycles. The third-order valence-electron chi connectivity index (χ3n) is 4.97. The van der Waals surface area contributed by atoms with E-state index in [1.165, 1.54) is 12.3 Å². The molecule has 0 atom stereocenters. The molecule has 2 aromatic heterocycles. The van der Waals surface area contributed by atoms with Crippen molar-refractivity contribution in [2.75, 3.05) is 7.11 Å². The number of hydrogen-bond donors (Lipinski definition) is 0. The van der Waals surface area contributed by atoms with Crippen molar-refractivity contribution >= 4 is 22.6 Å². The van der Waals surface area contributed by atoms with Crippen LogP contribution in [-0.4, -0.2) is 27.5 Å². The molecule has 4 rings (SSSR count). The lowest BCUT2D eigenvalue weighted by Crippen LogP contribution is -2.44. The number of rotatable bonds is 5. The lowest BCUT2D eigenvalue weighted by molar-refractivity contribution is -0.118. The van der Waals surface area contributed by atoms with Crippen LogP contribution in [0.5, 0.6) is 5.75 Å². The van der Waals surface area contributed by atoms with Crippen molar-refractivity contribution in [2.24, 2.45) is 0 Å². The number of aromatic nitrogens is 3. The first-order valence-corrected chi connectivity index (χ1v) is 8.81. The van der Waals surface area contributed by atoms with E-state index in [2.05, 4.69) is 17.1 Å². The highest BCUT2D eigenvalue weighted by Crippen LogP contribution is 2.45. The van der Waals surface area contributed by atoms with Gasteiger partial charge in [-0.2, -0.15) is 0 Å². The highest BCUT2D eigenvalue weighted by Gasteiger charge is 2.43. The maximum absolute atomic E-state index is 14.1. The summed E-state index contributed by atoms with van der Waals surface area (Å²) in [7, 11) is 1.65. The zero-order chi connectivity index (χ0) is 18.3. The number of fused-ring (bicyclic) bond motifs is 1. The molecule has 0 saturated heterocycles. The van der Waals surface area contributed by atoms with Crippen molar-refractivity contribution in [3.05, 3.63) is 53.1 Å². The molecule has 1 aromatic carbocycles. The average molecular weight is 376 g/mol. The van der Waals surface area contributed by atoms with E-state index in [0.29, 0.717) is 17.6 Å². The monoisotopic (exact) mass is 375 g/mol. The Bertz CT molecular complexity index is 936. The Kier molecular flexibility index (Phi) is 4.32. The first kappa shape index (κ1) is 17.2. The van der Waals surface area contributed by atoms with Crippen LogP contribution >= 0.6 is 11.6 Å². The second-order valence-electron chi connectivity index (χ2n) is 6.94. The summed E-state index contributed by atoms with van der Waals surface area (Å²) in [5, 5.41) is 8.48. The van der Waals surface area contributed by atoms with Gasteiger partial charge in [-0.1, -0.05) is 23.7 Å². The lowest BCUT2D eigenvalue weighted by atomic mass is 9.76. The molecule has 0 bridgehead atoms. The standard InChI is InChI=1S/C19H19ClFN3O2/c1-19(26-11-12-3-5-14(25-2)6-4-12)8-13(9-19)24-10-16(21)15-7-17(20)22-23-18(15)24/h3-7,10,13H,8-9,11H2,1-2H3. The second-order valence-corrected chi connectivity index (χ2v) is 7.32. The topological polar surface area (TPSA) is 49.2 Å². The zero-order valence-corrected chi connectivity index (χ0v) is 15.3. The fraction of sp³-hybridized carbons (Fsp3) is 0.368. The van der Waals surface area contributed by atoms with E-state index in [0.717, 1.165) is 24.2 Å². The number of halogens is 2. The quantitative estimate of drug-likeness (QED) is 0.656. The molecular weight excluding hydrogens is 357 g/mol. The number of hydrogen-bond acceptors (Lipinski definition) is 4. The van der Waals surface area contributed by atoms with Crippen molar-refractivity contribution in [3.8, 4) is 5.75 Å². The summed E-state index contributed by atoms with van der Waals surface area (Å²) in [5.41, 5.74) is 1.37. The summed E-state index contributed by atoms with van der Waals surface area (Å²) in [6, 6.07) is 9.47. The van der Waals surface area contributed by atoms with E-state index < -0.39 is 0 Å². The summed E-state index contributed by atoms with van der Waals surface area (Å²) in [5.74, 6) is 0.496. The minimum absolute atomic E-state index is 0.137. The fourth-order valence-electron chi connectivity index (χ4n) is 3.49. The van der Waals surface area contributed by atoms with Gasteiger partial charge in [0, 0.05) is 12.2 Å². The van der Waals surface area contributed by atoms with Gasteiger partial charge in [0.25, 0.3) is 0 Å². The Labute approximate surface area is 155 Å². The third-order valence-corrected chi connectivity index (χ3v) is 5.16. The van der Waals surface area contributed by atoms with E-state index in [-0.39, 0.29) is 22.6 Å². The zero-order valence-electron chi connectivity index (χ0n) is 14.6. The molecule has 26 heavy (non-hydrogen) atoms.